The van der Waals surface area contributed by atoms with Crippen LogP contribution in [-0.4, -0.2) is 54.2 Å². The smallest absolute Gasteiger partial charge is 0.315 e. The van der Waals surface area contributed by atoms with Gasteiger partial charge in [-0.15, -0.1) is 6.58 Å². The lowest BCUT2D eigenvalue weighted by Gasteiger charge is -2.34. The number of piperidine rings is 1. The van der Waals surface area contributed by atoms with Crippen LogP contribution >= 0.6 is 11.8 Å². The summed E-state index contributed by atoms with van der Waals surface area (Å²) in [5.74, 6) is 0. The van der Waals surface area contributed by atoms with Crippen molar-refractivity contribution in [2.24, 2.45) is 0 Å². The summed E-state index contributed by atoms with van der Waals surface area (Å²) in [5, 5.41) is 6.95. The molecule has 1 heterocycles. The summed E-state index contributed by atoms with van der Waals surface area (Å²) >= 11 is 1.89. The minimum atomic E-state index is 0.0307. The van der Waals surface area contributed by atoms with Crippen molar-refractivity contribution in [2.45, 2.75) is 55.9 Å². The van der Waals surface area contributed by atoms with Crippen LogP contribution in [0.4, 0.5) is 4.79 Å². The number of nitrogens with zero attached hydrogens (tertiary/aromatic N) is 1. The van der Waals surface area contributed by atoms with E-state index in [0.717, 1.165) is 38.9 Å². The molecule has 0 aromatic rings. The summed E-state index contributed by atoms with van der Waals surface area (Å²) in [7, 11) is 0. The van der Waals surface area contributed by atoms with Gasteiger partial charge in [-0.2, -0.15) is 11.8 Å². The van der Waals surface area contributed by atoms with Crippen molar-refractivity contribution in [1.82, 2.24) is 15.5 Å². The summed E-state index contributed by atoms with van der Waals surface area (Å²) in [6.07, 6.45) is 11.1. The summed E-state index contributed by atoms with van der Waals surface area (Å²) in [6.45, 7) is 6.83. The topological polar surface area (TPSA) is 44.4 Å². The molecule has 0 aromatic heterocycles. The fourth-order valence-corrected chi connectivity index (χ4v) is 4.32. The Balaban J connectivity index is 1.71. The molecule has 1 saturated carbocycles. The number of carbonyl (C=O) groups excluding carboxylic acids is 1. The molecule has 0 aromatic carbocycles. The number of urea groups is 1. The van der Waals surface area contributed by atoms with E-state index in [0.29, 0.717) is 17.3 Å². The zero-order valence-corrected chi connectivity index (χ0v) is 14.0. The van der Waals surface area contributed by atoms with Crippen molar-refractivity contribution in [2.75, 3.05) is 25.9 Å². The maximum atomic E-state index is 12.2. The van der Waals surface area contributed by atoms with E-state index in [-0.39, 0.29) is 6.03 Å². The Hall–Kier alpha value is -0.680. The number of thioether (sulfide) groups is 1. The predicted molar refractivity (Wildman–Crippen MR) is 90.9 cm³/mol. The average Bonchev–Trinajstić information content (AvgIpc) is 2.50. The largest absolute Gasteiger partial charge is 0.335 e. The maximum absolute atomic E-state index is 12.2. The first-order valence-corrected chi connectivity index (χ1v) is 9.44. The molecule has 4 nitrogen and oxygen atoms in total. The monoisotopic (exact) mass is 311 g/mol. The second-order valence-electron chi connectivity index (χ2n) is 6.15. The van der Waals surface area contributed by atoms with E-state index in [4.69, 9.17) is 0 Å². The Morgan fingerprint density at radius 3 is 2.62 bits per heavy atom. The Morgan fingerprint density at radius 2 is 1.95 bits per heavy atom. The molecule has 1 saturated heterocycles. The van der Waals surface area contributed by atoms with Crippen molar-refractivity contribution in [3.05, 3.63) is 12.7 Å². The van der Waals surface area contributed by atoms with Crippen LogP contribution < -0.4 is 10.6 Å². The number of hydrogen-bond donors (Lipinski definition) is 2. The molecule has 2 unspecified atom stereocenters. The van der Waals surface area contributed by atoms with Gasteiger partial charge in [-0.1, -0.05) is 18.9 Å². The van der Waals surface area contributed by atoms with Gasteiger partial charge in [0.2, 0.25) is 0 Å². The van der Waals surface area contributed by atoms with Gasteiger partial charge in [0.1, 0.15) is 0 Å². The third-order valence-corrected chi connectivity index (χ3v) is 5.80. The fourth-order valence-electron chi connectivity index (χ4n) is 3.38. The second kappa shape index (κ2) is 8.69. The van der Waals surface area contributed by atoms with Crippen molar-refractivity contribution in [3.63, 3.8) is 0 Å². The van der Waals surface area contributed by atoms with Gasteiger partial charge >= 0.3 is 6.03 Å². The van der Waals surface area contributed by atoms with Crippen molar-refractivity contribution in [3.8, 4) is 0 Å². The highest BCUT2D eigenvalue weighted by Crippen LogP contribution is 2.27. The Morgan fingerprint density at radius 1 is 1.24 bits per heavy atom. The van der Waals surface area contributed by atoms with Crippen LogP contribution in [0.1, 0.15) is 38.5 Å². The van der Waals surface area contributed by atoms with Crippen molar-refractivity contribution < 1.29 is 4.79 Å². The predicted octanol–water partition coefficient (Wildman–Crippen LogP) is 2.61. The molecular weight excluding hydrogens is 282 g/mol. The van der Waals surface area contributed by atoms with E-state index in [2.05, 4.69) is 28.4 Å². The third kappa shape index (κ3) is 5.22. The Labute approximate surface area is 133 Å². The van der Waals surface area contributed by atoms with Crippen LogP contribution in [0.15, 0.2) is 12.7 Å². The van der Waals surface area contributed by atoms with Gasteiger partial charge in [0.15, 0.2) is 0 Å². The molecule has 1 aliphatic carbocycles. The lowest BCUT2D eigenvalue weighted by molar-refractivity contribution is 0.200. The number of likely N-dealkylation sites (tertiary alicyclic amines) is 1. The molecule has 120 valence electrons. The fraction of sp³-hybridized carbons (Fsp3) is 0.812. The van der Waals surface area contributed by atoms with Gasteiger partial charge in [-0.3, -0.25) is 4.90 Å². The van der Waals surface area contributed by atoms with Crippen LogP contribution in [0.2, 0.25) is 0 Å². The first-order chi connectivity index (χ1) is 10.2. The molecule has 5 heteroatoms. The van der Waals surface area contributed by atoms with Crippen molar-refractivity contribution in [1.29, 1.82) is 0 Å². The van der Waals surface area contributed by atoms with Gasteiger partial charge < -0.3 is 10.6 Å². The molecule has 2 fully saturated rings. The van der Waals surface area contributed by atoms with E-state index >= 15 is 0 Å². The Bertz CT molecular complexity index is 342. The number of carbonyl (C=O) groups is 1. The Kier molecular flexibility index (Phi) is 6.90. The lowest BCUT2D eigenvalue weighted by atomic mass is 9.95. The van der Waals surface area contributed by atoms with Crippen LogP contribution in [0, 0.1) is 0 Å². The summed E-state index contributed by atoms with van der Waals surface area (Å²) in [5.41, 5.74) is 0. The van der Waals surface area contributed by atoms with Crippen molar-refractivity contribution >= 4 is 17.8 Å². The minimum Gasteiger partial charge on any atom is -0.335 e. The molecule has 0 spiro atoms. The van der Waals surface area contributed by atoms with Crippen LogP contribution in [0.25, 0.3) is 0 Å². The van der Waals surface area contributed by atoms with Gasteiger partial charge in [0.05, 0.1) is 0 Å². The normalized spacial score (nSPS) is 28.0. The first-order valence-electron chi connectivity index (χ1n) is 8.16. The van der Waals surface area contributed by atoms with Gasteiger partial charge in [0.25, 0.3) is 0 Å². The highest BCUT2D eigenvalue weighted by Gasteiger charge is 2.27. The molecule has 1 aliphatic heterocycles. The lowest BCUT2D eigenvalue weighted by Crippen LogP contribution is -2.52. The van der Waals surface area contributed by atoms with Crippen LogP contribution in [0.5, 0.6) is 0 Å². The second-order valence-corrected chi connectivity index (χ2v) is 7.22. The molecule has 2 aliphatic rings. The van der Waals surface area contributed by atoms with E-state index in [1.54, 1.807) is 0 Å². The van der Waals surface area contributed by atoms with Gasteiger partial charge in [-0.05, 0) is 31.9 Å². The van der Waals surface area contributed by atoms with Crippen LogP contribution in [0.3, 0.4) is 0 Å². The average molecular weight is 311 g/mol. The molecule has 2 amide bonds. The molecule has 0 radical (unpaired) electrons. The zero-order valence-electron chi connectivity index (χ0n) is 13.1. The third-order valence-electron chi connectivity index (χ3n) is 4.63. The molecule has 21 heavy (non-hydrogen) atoms. The quantitative estimate of drug-likeness (QED) is 0.767. The minimum absolute atomic E-state index is 0.0307. The molecule has 0 bridgehead atoms. The first kappa shape index (κ1) is 16.7. The van der Waals surface area contributed by atoms with E-state index in [9.17, 15) is 4.79 Å². The maximum Gasteiger partial charge on any atom is 0.315 e. The van der Waals surface area contributed by atoms with E-state index < -0.39 is 0 Å². The molecule has 2 rings (SSSR count). The molecule has 2 N–H and O–H groups in total. The summed E-state index contributed by atoms with van der Waals surface area (Å²) in [6, 6.07) is 0.695. The van der Waals surface area contributed by atoms with E-state index in [1.807, 2.05) is 17.8 Å². The zero-order chi connectivity index (χ0) is 15.1. The molecular formula is C16H29N3OS. The highest BCUT2D eigenvalue weighted by molar-refractivity contribution is 7.99. The summed E-state index contributed by atoms with van der Waals surface area (Å²) < 4.78 is 0. The standard InChI is InChI=1S/C16H29N3OS/c1-3-10-19-11-8-13(9-12-19)17-16(20)18-14-6-4-5-7-15(14)21-2/h3,13-15H,1,4-12H2,2H3,(H2,17,18,20). The number of amides is 2. The number of nitrogens with one attached hydrogen (secondary N) is 2. The summed E-state index contributed by atoms with van der Waals surface area (Å²) in [4.78, 5) is 14.6. The highest BCUT2D eigenvalue weighted by atomic mass is 32.2. The van der Waals surface area contributed by atoms with E-state index in [1.165, 1.54) is 19.3 Å². The van der Waals surface area contributed by atoms with Gasteiger partial charge in [0, 0.05) is 37.0 Å². The SMILES string of the molecule is C=CCN1CCC(NC(=O)NC2CCCCC2SC)CC1. The van der Waals surface area contributed by atoms with Gasteiger partial charge in [-0.25, -0.2) is 4.79 Å². The molecule has 2 atom stereocenters. The number of rotatable bonds is 5. The van der Waals surface area contributed by atoms with Crippen LogP contribution in [-0.2, 0) is 0 Å². The number of hydrogen-bond acceptors (Lipinski definition) is 3.